The summed E-state index contributed by atoms with van der Waals surface area (Å²) < 4.78 is 0. The van der Waals surface area contributed by atoms with E-state index in [1.165, 1.54) is 51.6 Å². The lowest BCUT2D eigenvalue weighted by Crippen LogP contribution is -2.43. The number of rotatable bonds is 8. The van der Waals surface area contributed by atoms with E-state index in [4.69, 9.17) is 0 Å². The maximum Gasteiger partial charge on any atom is 0.0669 e. The molecule has 2 unspecified atom stereocenters. The Morgan fingerprint density at radius 3 is 2.52 bits per heavy atom. The standard InChI is InChI=1S/C18H36N2O/c1-15(2)11-19-12-17-8-5-9-20(13-17)14-18(21)10-16-6-3-4-7-16/h15-19,21H,3-14H2,1-2H3. The van der Waals surface area contributed by atoms with Crippen LogP contribution in [0.4, 0.5) is 0 Å². The fraction of sp³-hybridized carbons (Fsp3) is 1.00. The van der Waals surface area contributed by atoms with Gasteiger partial charge in [-0.1, -0.05) is 39.5 Å². The summed E-state index contributed by atoms with van der Waals surface area (Å²) in [7, 11) is 0. The minimum atomic E-state index is -0.101. The molecule has 0 amide bonds. The molecule has 3 nitrogen and oxygen atoms in total. The van der Waals surface area contributed by atoms with Crippen molar-refractivity contribution in [3.05, 3.63) is 0 Å². The zero-order chi connectivity index (χ0) is 15.1. The van der Waals surface area contributed by atoms with Crippen molar-refractivity contribution in [3.63, 3.8) is 0 Å². The van der Waals surface area contributed by atoms with Gasteiger partial charge in [-0.3, -0.25) is 0 Å². The smallest absolute Gasteiger partial charge is 0.0669 e. The Labute approximate surface area is 131 Å². The molecule has 0 aromatic rings. The van der Waals surface area contributed by atoms with Gasteiger partial charge < -0.3 is 15.3 Å². The number of hydrogen-bond acceptors (Lipinski definition) is 3. The van der Waals surface area contributed by atoms with E-state index in [0.717, 1.165) is 43.8 Å². The second-order valence-corrected chi connectivity index (χ2v) is 7.86. The molecule has 0 radical (unpaired) electrons. The van der Waals surface area contributed by atoms with Crippen LogP contribution >= 0.6 is 0 Å². The van der Waals surface area contributed by atoms with Crippen molar-refractivity contribution in [2.45, 2.75) is 64.9 Å². The molecule has 1 heterocycles. The summed E-state index contributed by atoms with van der Waals surface area (Å²) in [5, 5.41) is 13.9. The number of β-amino-alcohol motifs (C(OH)–C–C–N with tert-alkyl or cyclic N) is 1. The van der Waals surface area contributed by atoms with Crippen LogP contribution in [0.25, 0.3) is 0 Å². The monoisotopic (exact) mass is 296 g/mol. The lowest BCUT2D eigenvalue weighted by Gasteiger charge is -2.34. The van der Waals surface area contributed by atoms with E-state index in [-0.39, 0.29) is 6.10 Å². The fourth-order valence-electron chi connectivity index (χ4n) is 4.06. The molecule has 1 saturated carbocycles. The Balaban J connectivity index is 1.63. The topological polar surface area (TPSA) is 35.5 Å². The third-order valence-corrected chi connectivity index (χ3v) is 5.14. The average molecular weight is 296 g/mol. The third kappa shape index (κ3) is 6.66. The van der Waals surface area contributed by atoms with Crippen molar-refractivity contribution < 1.29 is 5.11 Å². The van der Waals surface area contributed by atoms with Crippen LogP contribution < -0.4 is 5.32 Å². The van der Waals surface area contributed by atoms with E-state index in [9.17, 15) is 5.11 Å². The van der Waals surface area contributed by atoms with Gasteiger partial charge in [0.05, 0.1) is 6.10 Å². The number of likely N-dealkylation sites (tertiary alicyclic amines) is 1. The molecule has 2 aliphatic rings. The molecule has 0 aromatic carbocycles. The van der Waals surface area contributed by atoms with Crippen molar-refractivity contribution in [1.82, 2.24) is 10.2 Å². The van der Waals surface area contributed by atoms with Crippen LogP contribution in [0.2, 0.25) is 0 Å². The van der Waals surface area contributed by atoms with E-state index >= 15 is 0 Å². The fourth-order valence-corrected chi connectivity index (χ4v) is 4.06. The summed E-state index contributed by atoms with van der Waals surface area (Å²) in [6.07, 6.45) is 9.03. The normalized spacial score (nSPS) is 26.6. The molecule has 2 atom stereocenters. The highest BCUT2D eigenvalue weighted by molar-refractivity contribution is 4.78. The Morgan fingerprint density at radius 2 is 1.81 bits per heavy atom. The second kappa shape index (κ2) is 9.12. The first kappa shape index (κ1) is 17.2. The van der Waals surface area contributed by atoms with Crippen LogP contribution in [0.5, 0.6) is 0 Å². The number of piperidine rings is 1. The molecular weight excluding hydrogens is 260 g/mol. The number of aliphatic hydroxyl groups excluding tert-OH is 1. The van der Waals surface area contributed by atoms with Crippen LogP contribution in [-0.4, -0.2) is 48.8 Å². The van der Waals surface area contributed by atoms with Gasteiger partial charge in [0.25, 0.3) is 0 Å². The first-order chi connectivity index (χ1) is 10.1. The van der Waals surface area contributed by atoms with Gasteiger partial charge in [0, 0.05) is 13.1 Å². The molecule has 2 fully saturated rings. The Morgan fingerprint density at radius 1 is 1.10 bits per heavy atom. The molecule has 0 spiro atoms. The van der Waals surface area contributed by atoms with E-state index in [1.54, 1.807) is 0 Å². The van der Waals surface area contributed by atoms with Crippen molar-refractivity contribution in [2.75, 3.05) is 32.7 Å². The molecule has 1 saturated heterocycles. The van der Waals surface area contributed by atoms with Crippen molar-refractivity contribution in [1.29, 1.82) is 0 Å². The van der Waals surface area contributed by atoms with E-state index < -0.39 is 0 Å². The maximum atomic E-state index is 10.3. The molecular formula is C18H36N2O. The highest BCUT2D eigenvalue weighted by atomic mass is 16.3. The summed E-state index contributed by atoms with van der Waals surface area (Å²) >= 11 is 0. The van der Waals surface area contributed by atoms with Crippen LogP contribution in [-0.2, 0) is 0 Å². The van der Waals surface area contributed by atoms with E-state index in [0.29, 0.717) is 0 Å². The summed E-state index contributed by atoms with van der Waals surface area (Å²) in [4.78, 5) is 2.50. The quantitative estimate of drug-likeness (QED) is 0.723. The first-order valence-corrected chi connectivity index (χ1v) is 9.24. The SMILES string of the molecule is CC(C)CNCC1CCCN(CC(O)CC2CCCC2)C1. The predicted molar refractivity (Wildman–Crippen MR) is 89.5 cm³/mol. The van der Waals surface area contributed by atoms with Crippen molar-refractivity contribution >= 4 is 0 Å². The van der Waals surface area contributed by atoms with Gasteiger partial charge in [0.15, 0.2) is 0 Å². The molecule has 1 aliphatic carbocycles. The van der Waals surface area contributed by atoms with Gasteiger partial charge in [0.2, 0.25) is 0 Å². The minimum Gasteiger partial charge on any atom is -0.392 e. The van der Waals surface area contributed by atoms with Crippen LogP contribution in [0.1, 0.15) is 58.8 Å². The third-order valence-electron chi connectivity index (χ3n) is 5.14. The van der Waals surface area contributed by atoms with E-state index in [2.05, 4.69) is 24.1 Å². The zero-order valence-electron chi connectivity index (χ0n) is 14.2. The summed E-state index contributed by atoms with van der Waals surface area (Å²) in [5.41, 5.74) is 0. The Hall–Kier alpha value is -0.120. The number of nitrogens with zero attached hydrogens (tertiary/aromatic N) is 1. The molecule has 2 rings (SSSR count). The zero-order valence-corrected chi connectivity index (χ0v) is 14.2. The molecule has 124 valence electrons. The molecule has 1 aliphatic heterocycles. The van der Waals surface area contributed by atoms with Gasteiger partial charge in [-0.05, 0) is 56.7 Å². The number of aliphatic hydroxyl groups is 1. The number of hydrogen-bond donors (Lipinski definition) is 2. The Kier molecular flexibility index (Phi) is 7.48. The van der Waals surface area contributed by atoms with Gasteiger partial charge >= 0.3 is 0 Å². The van der Waals surface area contributed by atoms with Gasteiger partial charge in [0.1, 0.15) is 0 Å². The second-order valence-electron chi connectivity index (χ2n) is 7.86. The molecule has 0 bridgehead atoms. The van der Waals surface area contributed by atoms with Crippen molar-refractivity contribution in [3.8, 4) is 0 Å². The van der Waals surface area contributed by atoms with Gasteiger partial charge in [-0.15, -0.1) is 0 Å². The maximum absolute atomic E-state index is 10.3. The molecule has 3 heteroatoms. The minimum absolute atomic E-state index is 0.101. The lowest BCUT2D eigenvalue weighted by molar-refractivity contribution is 0.0689. The molecule has 0 aromatic heterocycles. The highest BCUT2D eigenvalue weighted by Gasteiger charge is 2.24. The predicted octanol–water partition coefficient (Wildman–Crippen LogP) is 2.89. The average Bonchev–Trinajstić information content (AvgIpc) is 2.91. The highest BCUT2D eigenvalue weighted by Crippen LogP contribution is 2.29. The van der Waals surface area contributed by atoms with E-state index in [1.807, 2.05) is 0 Å². The van der Waals surface area contributed by atoms with Crippen LogP contribution in [0, 0.1) is 17.8 Å². The molecule has 2 N–H and O–H groups in total. The largest absolute Gasteiger partial charge is 0.392 e. The molecule has 21 heavy (non-hydrogen) atoms. The van der Waals surface area contributed by atoms with Crippen LogP contribution in [0.15, 0.2) is 0 Å². The summed E-state index contributed by atoms with van der Waals surface area (Å²) in [6.45, 7) is 10.1. The summed E-state index contributed by atoms with van der Waals surface area (Å²) in [6, 6.07) is 0. The Bertz CT molecular complexity index is 276. The van der Waals surface area contributed by atoms with Gasteiger partial charge in [-0.2, -0.15) is 0 Å². The van der Waals surface area contributed by atoms with Crippen molar-refractivity contribution in [2.24, 2.45) is 17.8 Å². The first-order valence-electron chi connectivity index (χ1n) is 9.24. The van der Waals surface area contributed by atoms with Gasteiger partial charge in [-0.25, -0.2) is 0 Å². The summed E-state index contributed by atoms with van der Waals surface area (Å²) in [5.74, 6) is 2.31. The lowest BCUT2D eigenvalue weighted by atomic mass is 9.96. The number of nitrogens with one attached hydrogen (secondary N) is 1. The van der Waals surface area contributed by atoms with Crippen LogP contribution in [0.3, 0.4) is 0 Å².